The summed E-state index contributed by atoms with van der Waals surface area (Å²) in [5.41, 5.74) is 1.67. The second-order valence-electron chi connectivity index (χ2n) is 7.94. The molecule has 2 amide bonds. The average molecular weight is 469 g/mol. The molecule has 8 heteroatoms. The Labute approximate surface area is 200 Å². The number of nitrogens with one attached hydrogen (secondary N) is 1. The van der Waals surface area contributed by atoms with E-state index >= 15 is 0 Å². The molecule has 0 saturated carbocycles. The van der Waals surface area contributed by atoms with Crippen LogP contribution in [0.15, 0.2) is 48.2 Å². The van der Waals surface area contributed by atoms with Gasteiger partial charge in [0.1, 0.15) is 22.9 Å². The number of rotatable bonds is 12. The SMILES string of the molecule is CCOCCCN1C(=O)C(Nc2ccc(OC)cc2OC)=C(c2ccc(OC(C)C)cc2)C1=O. The van der Waals surface area contributed by atoms with Crippen LogP contribution in [0.5, 0.6) is 17.2 Å². The van der Waals surface area contributed by atoms with E-state index in [1.165, 1.54) is 12.0 Å². The van der Waals surface area contributed by atoms with Crippen molar-refractivity contribution in [2.75, 3.05) is 39.3 Å². The number of methoxy groups -OCH3 is 2. The number of ether oxygens (including phenoxy) is 4. The standard InChI is InChI=1S/C26H32N2O6/c1-6-33-15-7-14-28-25(29)23(18-8-10-19(11-9-18)34-17(2)3)24(26(28)30)27-21-13-12-20(31-4)16-22(21)32-5/h8-13,16-17,27H,6-7,14-15H2,1-5H3. The van der Waals surface area contributed by atoms with Crippen LogP contribution in [0, 0.1) is 0 Å². The summed E-state index contributed by atoms with van der Waals surface area (Å²) in [4.78, 5) is 28.0. The number of imide groups is 1. The van der Waals surface area contributed by atoms with Gasteiger partial charge in [-0.15, -0.1) is 0 Å². The molecule has 2 aromatic carbocycles. The number of amides is 2. The third-order valence-corrected chi connectivity index (χ3v) is 5.23. The summed E-state index contributed by atoms with van der Waals surface area (Å²) >= 11 is 0. The molecule has 0 aromatic heterocycles. The van der Waals surface area contributed by atoms with Crippen LogP contribution >= 0.6 is 0 Å². The molecule has 0 fully saturated rings. The number of hydrogen-bond donors (Lipinski definition) is 1. The predicted octanol–water partition coefficient (Wildman–Crippen LogP) is 4.11. The molecule has 0 bridgehead atoms. The molecule has 8 nitrogen and oxygen atoms in total. The summed E-state index contributed by atoms with van der Waals surface area (Å²) < 4.78 is 21.8. The molecule has 2 aromatic rings. The van der Waals surface area contributed by atoms with Gasteiger partial charge >= 0.3 is 0 Å². The van der Waals surface area contributed by atoms with E-state index in [4.69, 9.17) is 18.9 Å². The van der Waals surface area contributed by atoms with Crippen molar-refractivity contribution in [3.8, 4) is 17.2 Å². The van der Waals surface area contributed by atoms with E-state index in [1.54, 1.807) is 49.6 Å². The maximum Gasteiger partial charge on any atom is 0.278 e. The molecule has 1 aliphatic rings. The summed E-state index contributed by atoms with van der Waals surface area (Å²) in [6.07, 6.45) is 0.583. The molecule has 0 saturated heterocycles. The molecule has 0 atom stereocenters. The van der Waals surface area contributed by atoms with Gasteiger partial charge < -0.3 is 24.3 Å². The van der Waals surface area contributed by atoms with Crippen molar-refractivity contribution in [3.05, 3.63) is 53.7 Å². The molecule has 0 aliphatic carbocycles. The van der Waals surface area contributed by atoms with Gasteiger partial charge in [0.2, 0.25) is 0 Å². The van der Waals surface area contributed by atoms with Gasteiger partial charge in [-0.3, -0.25) is 14.5 Å². The van der Waals surface area contributed by atoms with Gasteiger partial charge in [-0.05, 0) is 57.0 Å². The number of anilines is 1. The number of carbonyl (C=O) groups is 2. The third kappa shape index (κ3) is 5.69. The monoisotopic (exact) mass is 468 g/mol. The molecule has 34 heavy (non-hydrogen) atoms. The molecule has 0 unspecified atom stereocenters. The Kier molecular flexibility index (Phi) is 8.54. The van der Waals surface area contributed by atoms with Crippen LogP contribution in [-0.2, 0) is 14.3 Å². The van der Waals surface area contributed by atoms with E-state index in [0.29, 0.717) is 53.7 Å². The zero-order valence-electron chi connectivity index (χ0n) is 20.3. The lowest BCUT2D eigenvalue weighted by Gasteiger charge is -2.16. The number of benzene rings is 2. The van der Waals surface area contributed by atoms with Gasteiger partial charge in [0.25, 0.3) is 11.8 Å². The molecular weight excluding hydrogens is 436 g/mol. The maximum atomic E-state index is 13.4. The minimum absolute atomic E-state index is 0.0281. The number of hydrogen-bond acceptors (Lipinski definition) is 7. The van der Waals surface area contributed by atoms with Crippen molar-refractivity contribution >= 4 is 23.1 Å². The van der Waals surface area contributed by atoms with Gasteiger partial charge in [0.15, 0.2) is 0 Å². The average Bonchev–Trinajstić information content (AvgIpc) is 3.06. The first-order valence-electron chi connectivity index (χ1n) is 11.3. The van der Waals surface area contributed by atoms with Crippen molar-refractivity contribution in [2.24, 2.45) is 0 Å². The smallest absolute Gasteiger partial charge is 0.278 e. The molecule has 1 N–H and O–H groups in total. The Morgan fingerprint density at radius 2 is 1.65 bits per heavy atom. The fraction of sp³-hybridized carbons (Fsp3) is 0.385. The lowest BCUT2D eigenvalue weighted by Crippen LogP contribution is -2.34. The Bertz CT molecular complexity index is 1050. The number of nitrogens with zero attached hydrogens (tertiary/aromatic N) is 1. The second-order valence-corrected chi connectivity index (χ2v) is 7.94. The Morgan fingerprint density at radius 1 is 0.941 bits per heavy atom. The fourth-order valence-electron chi connectivity index (χ4n) is 3.64. The molecule has 0 spiro atoms. The van der Waals surface area contributed by atoms with Crippen LogP contribution in [0.1, 0.15) is 32.8 Å². The first-order chi connectivity index (χ1) is 16.4. The lowest BCUT2D eigenvalue weighted by atomic mass is 10.0. The summed E-state index contributed by atoms with van der Waals surface area (Å²) in [5, 5.41) is 3.14. The second kappa shape index (κ2) is 11.6. The van der Waals surface area contributed by atoms with Crippen molar-refractivity contribution in [3.63, 3.8) is 0 Å². The summed E-state index contributed by atoms with van der Waals surface area (Å²) in [7, 11) is 3.10. The van der Waals surface area contributed by atoms with Crippen LogP contribution < -0.4 is 19.5 Å². The van der Waals surface area contributed by atoms with E-state index < -0.39 is 5.91 Å². The molecule has 3 rings (SSSR count). The molecule has 1 aliphatic heterocycles. The quantitative estimate of drug-likeness (QED) is 0.371. The summed E-state index contributed by atoms with van der Waals surface area (Å²) in [5.74, 6) is 1.05. The summed E-state index contributed by atoms with van der Waals surface area (Å²) in [6, 6.07) is 12.4. The van der Waals surface area contributed by atoms with Gasteiger partial charge in [-0.1, -0.05) is 12.1 Å². The number of carbonyl (C=O) groups excluding carboxylic acids is 2. The Hall–Kier alpha value is -3.52. The van der Waals surface area contributed by atoms with Gasteiger partial charge in [0, 0.05) is 25.8 Å². The van der Waals surface area contributed by atoms with Crippen LogP contribution in [0.4, 0.5) is 5.69 Å². The lowest BCUT2D eigenvalue weighted by molar-refractivity contribution is -0.137. The molecule has 1 heterocycles. The molecule has 182 valence electrons. The highest BCUT2D eigenvalue weighted by atomic mass is 16.5. The van der Waals surface area contributed by atoms with Crippen molar-refractivity contribution < 1.29 is 28.5 Å². The van der Waals surface area contributed by atoms with Crippen molar-refractivity contribution in [1.82, 2.24) is 4.90 Å². The normalized spacial score (nSPS) is 13.6. The first kappa shape index (κ1) is 25.1. The minimum Gasteiger partial charge on any atom is -0.497 e. The van der Waals surface area contributed by atoms with Crippen molar-refractivity contribution in [1.29, 1.82) is 0 Å². The van der Waals surface area contributed by atoms with E-state index in [2.05, 4.69) is 5.32 Å². The van der Waals surface area contributed by atoms with Crippen LogP contribution in [0.25, 0.3) is 5.57 Å². The van der Waals surface area contributed by atoms with E-state index in [9.17, 15) is 9.59 Å². The molecule has 0 radical (unpaired) electrons. The zero-order chi connectivity index (χ0) is 24.7. The van der Waals surface area contributed by atoms with Gasteiger partial charge in [0.05, 0.1) is 31.6 Å². The highest BCUT2D eigenvalue weighted by Gasteiger charge is 2.39. The van der Waals surface area contributed by atoms with Crippen LogP contribution in [0.3, 0.4) is 0 Å². The fourth-order valence-corrected chi connectivity index (χ4v) is 3.64. The van der Waals surface area contributed by atoms with Gasteiger partial charge in [-0.2, -0.15) is 0 Å². The van der Waals surface area contributed by atoms with E-state index in [0.717, 1.165) is 0 Å². The highest BCUT2D eigenvalue weighted by Crippen LogP contribution is 2.35. The van der Waals surface area contributed by atoms with Gasteiger partial charge in [-0.25, -0.2) is 0 Å². The third-order valence-electron chi connectivity index (χ3n) is 5.23. The van der Waals surface area contributed by atoms with Crippen LogP contribution in [-0.4, -0.2) is 56.8 Å². The predicted molar refractivity (Wildman–Crippen MR) is 130 cm³/mol. The molecular formula is C26H32N2O6. The maximum absolute atomic E-state index is 13.4. The Morgan fingerprint density at radius 3 is 2.26 bits per heavy atom. The highest BCUT2D eigenvalue weighted by molar-refractivity contribution is 6.36. The minimum atomic E-state index is -0.392. The van der Waals surface area contributed by atoms with Crippen molar-refractivity contribution in [2.45, 2.75) is 33.3 Å². The Balaban J connectivity index is 1.98. The first-order valence-corrected chi connectivity index (χ1v) is 11.3. The van der Waals surface area contributed by atoms with E-state index in [1.807, 2.05) is 20.8 Å². The largest absolute Gasteiger partial charge is 0.497 e. The summed E-state index contributed by atoms with van der Waals surface area (Å²) in [6.45, 7) is 7.11. The van der Waals surface area contributed by atoms with E-state index in [-0.39, 0.29) is 24.3 Å². The zero-order valence-corrected chi connectivity index (χ0v) is 20.3. The topological polar surface area (TPSA) is 86.3 Å². The van der Waals surface area contributed by atoms with Crippen LogP contribution in [0.2, 0.25) is 0 Å².